The van der Waals surface area contributed by atoms with E-state index in [4.69, 9.17) is 4.74 Å². The van der Waals surface area contributed by atoms with Gasteiger partial charge in [0.25, 0.3) is 0 Å². The number of carbonyl (C=O) groups excluding carboxylic acids is 1. The average Bonchev–Trinajstić information content (AvgIpc) is 2.77. The van der Waals surface area contributed by atoms with Crippen LogP contribution in [-0.2, 0) is 14.3 Å². The van der Waals surface area contributed by atoms with Gasteiger partial charge < -0.3 is 9.84 Å². The first-order valence-corrected chi connectivity index (χ1v) is 14.6. The Balaban J connectivity index is 1.53. The molecule has 0 amide bonds. The molecule has 36 heavy (non-hydrogen) atoms. The molecule has 0 aromatic rings. The highest BCUT2D eigenvalue weighted by molar-refractivity contribution is 5.74. The lowest BCUT2D eigenvalue weighted by atomic mass is 9.33. The fourth-order valence-corrected chi connectivity index (χ4v) is 10.9. The normalized spacial score (nSPS) is 51.5. The van der Waals surface area contributed by atoms with Gasteiger partial charge in [-0.1, -0.05) is 53.2 Å². The van der Waals surface area contributed by atoms with Gasteiger partial charge in [-0.25, -0.2) is 0 Å². The van der Waals surface area contributed by atoms with Crippen LogP contribution < -0.4 is 0 Å². The van der Waals surface area contributed by atoms with E-state index in [-0.39, 0.29) is 39.1 Å². The van der Waals surface area contributed by atoms with Gasteiger partial charge in [0.1, 0.15) is 6.10 Å². The molecular formula is C32H50O4. The van der Waals surface area contributed by atoms with Crippen molar-refractivity contribution in [1.29, 1.82) is 0 Å². The van der Waals surface area contributed by atoms with E-state index in [0.29, 0.717) is 17.8 Å². The third-order valence-electron chi connectivity index (χ3n) is 13.6. The Hall–Kier alpha value is -1.32. The molecule has 0 spiro atoms. The molecule has 0 bridgehead atoms. The summed E-state index contributed by atoms with van der Waals surface area (Å²) in [5.74, 6) is 0.760. The predicted octanol–water partition coefficient (Wildman–Crippen LogP) is 7.80. The molecule has 5 aliphatic rings. The average molecular weight is 499 g/mol. The number of hydrogen-bond donors (Lipinski definition) is 1. The first kappa shape index (κ1) is 26.3. The zero-order valence-corrected chi connectivity index (χ0v) is 24.1. The van der Waals surface area contributed by atoms with Crippen LogP contribution in [0.1, 0.15) is 120 Å². The van der Waals surface area contributed by atoms with Crippen molar-refractivity contribution in [1.82, 2.24) is 0 Å². The van der Waals surface area contributed by atoms with E-state index in [1.54, 1.807) is 12.5 Å². The van der Waals surface area contributed by atoms with E-state index in [1.165, 1.54) is 25.7 Å². The van der Waals surface area contributed by atoms with E-state index in [9.17, 15) is 14.7 Å². The Kier molecular flexibility index (Phi) is 5.74. The van der Waals surface area contributed by atoms with Crippen molar-refractivity contribution in [3.63, 3.8) is 0 Å². The lowest BCUT2D eigenvalue weighted by Crippen LogP contribution is -2.64. The largest absolute Gasteiger partial charge is 0.481 e. The molecule has 1 N–H and O–H groups in total. The number of carboxylic acid groups (broad SMARTS) is 1. The molecule has 0 aromatic carbocycles. The molecule has 5 rings (SSSR count). The lowest BCUT2D eigenvalue weighted by molar-refractivity contribution is -0.212. The molecular weight excluding hydrogens is 448 g/mol. The Morgan fingerprint density at radius 2 is 1.56 bits per heavy atom. The van der Waals surface area contributed by atoms with Crippen molar-refractivity contribution in [2.75, 3.05) is 0 Å². The second-order valence-electron chi connectivity index (χ2n) is 15.5. The maximum atomic E-state index is 12.3. The Bertz CT molecular complexity index is 996. The van der Waals surface area contributed by atoms with Crippen LogP contribution in [0.15, 0.2) is 11.6 Å². The molecule has 9 atom stereocenters. The van der Waals surface area contributed by atoms with E-state index >= 15 is 0 Å². The van der Waals surface area contributed by atoms with E-state index in [1.807, 2.05) is 6.92 Å². The third-order valence-corrected chi connectivity index (χ3v) is 13.6. The molecule has 0 heterocycles. The predicted molar refractivity (Wildman–Crippen MR) is 142 cm³/mol. The monoisotopic (exact) mass is 498 g/mol. The van der Waals surface area contributed by atoms with Crippen LogP contribution >= 0.6 is 0 Å². The van der Waals surface area contributed by atoms with Gasteiger partial charge in [-0.3, -0.25) is 9.59 Å². The number of esters is 1. The Labute approximate surface area is 219 Å². The zero-order chi connectivity index (χ0) is 26.5. The minimum Gasteiger partial charge on any atom is -0.481 e. The van der Waals surface area contributed by atoms with Gasteiger partial charge in [0.15, 0.2) is 0 Å². The number of carbonyl (C=O) groups is 2. The minimum absolute atomic E-state index is 0.00837. The first-order chi connectivity index (χ1) is 16.5. The molecule has 0 aromatic heterocycles. The SMILES string of the molecule is CC(=O)O[C@@H]1CC[C@]2(C)[C@H]3CC=C4[C@@H]5C[C@](C)(C(=O)O)CC[C@]5(C)CC[C@@]4(C)[C@]3(C)CC[C@H]2C1(C)C. The van der Waals surface area contributed by atoms with Crippen LogP contribution in [0.5, 0.6) is 0 Å². The molecule has 4 fully saturated rings. The molecule has 202 valence electrons. The van der Waals surface area contributed by atoms with Gasteiger partial charge in [-0.15, -0.1) is 0 Å². The van der Waals surface area contributed by atoms with E-state index < -0.39 is 11.4 Å². The standard InChI is InChI=1S/C32H50O4/c1-20(33)36-25-12-13-30(6)23(27(25,2)3)11-14-32(8)24(30)10-9-21-22-19-29(5,26(34)35)16-15-28(22,4)17-18-31(21,32)7/h9,22-25H,10-19H2,1-8H3,(H,34,35)/t22-,23-,24+,25+,28+,29+,30-,31+,32+/m0/s1. The van der Waals surface area contributed by atoms with E-state index in [2.05, 4.69) is 47.6 Å². The highest BCUT2D eigenvalue weighted by Crippen LogP contribution is 2.75. The quantitative estimate of drug-likeness (QED) is 0.311. The van der Waals surface area contributed by atoms with Crippen LogP contribution in [0.25, 0.3) is 0 Å². The maximum Gasteiger partial charge on any atom is 0.309 e. The third kappa shape index (κ3) is 3.30. The summed E-state index contributed by atoms with van der Waals surface area (Å²) >= 11 is 0. The van der Waals surface area contributed by atoms with Crippen molar-refractivity contribution in [3.8, 4) is 0 Å². The molecule has 0 radical (unpaired) electrons. The van der Waals surface area contributed by atoms with Gasteiger partial charge in [0, 0.05) is 12.3 Å². The van der Waals surface area contributed by atoms with Crippen LogP contribution in [0.2, 0.25) is 0 Å². The van der Waals surface area contributed by atoms with Gasteiger partial charge in [-0.05, 0) is 111 Å². The summed E-state index contributed by atoms with van der Waals surface area (Å²) in [4.78, 5) is 24.2. The highest BCUT2D eigenvalue weighted by atomic mass is 16.5. The van der Waals surface area contributed by atoms with E-state index in [0.717, 1.165) is 38.5 Å². The second-order valence-corrected chi connectivity index (χ2v) is 15.5. The summed E-state index contributed by atoms with van der Waals surface area (Å²) in [7, 11) is 0. The maximum absolute atomic E-state index is 12.3. The molecule has 0 aliphatic heterocycles. The number of rotatable bonds is 2. The number of carboxylic acids is 1. The number of aliphatic carboxylic acids is 1. The van der Waals surface area contributed by atoms with Crippen LogP contribution in [-0.4, -0.2) is 23.1 Å². The number of allylic oxidation sites excluding steroid dienone is 2. The minimum atomic E-state index is -0.614. The molecule has 0 unspecified atom stereocenters. The fraction of sp³-hybridized carbons (Fsp3) is 0.875. The van der Waals surface area contributed by atoms with Gasteiger partial charge >= 0.3 is 11.9 Å². The summed E-state index contributed by atoms with van der Waals surface area (Å²) in [6.45, 7) is 18.4. The topological polar surface area (TPSA) is 63.6 Å². The van der Waals surface area contributed by atoms with Gasteiger partial charge in [0.2, 0.25) is 0 Å². The molecule has 0 saturated heterocycles. The molecule has 5 aliphatic carbocycles. The number of fused-ring (bicyclic) bond motifs is 7. The van der Waals surface area contributed by atoms with Gasteiger partial charge in [-0.2, -0.15) is 0 Å². The zero-order valence-electron chi connectivity index (χ0n) is 24.1. The summed E-state index contributed by atoms with van der Waals surface area (Å²) in [5.41, 5.74) is 1.77. The number of hydrogen-bond acceptors (Lipinski definition) is 3. The van der Waals surface area contributed by atoms with Crippen molar-refractivity contribution < 1.29 is 19.4 Å². The summed E-state index contributed by atoms with van der Waals surface area (Å²) in [6.07, 6.45) is 13.3. The van der Waals surface area contributed by atoms with Crippen LogP contribution in [0.3, 0.4) is 0 Å². The molecule has 4 heteroatoms. The Morgan fingerprint density at radius 1 is 0.889 bits per heavy atom. The van der Waals surface area contributed by atoms with Gasteiger partial charge in [0.05, 0.1) is 5.41 Å². The number of ether oxygens (including phenoxy) is 1. The van der Waals surface area contributed by atoms with Crippen molar-refractivity contribution in [2.24, 2.45) is 50.2 Å². The van der Waals surface area contributed by atoms with Crippen LogP contribution in [0.4, 0.5) is 0 Å². The van der Waals surface area contributed by atoms with Crippen molar-refractivity contribution in [2.45, 2.75) is 126 Å². The molecule has 4 saturated carbocycles. The Morgan fingerprint density at radius 3 is 2.19 bits per heavy atom. The fourth-order valence-electron chi connectivity index (χ4n) is 10.9. The lowest BCUT2D eigenvalue weighted by Gasteiger charge is -2.71. The molecule has 4 nitrogen and oxygen atoms in total. The van der Waals surface area contributed by atoms with Crippen molar-refractivity contribution in [3.05, 3.63) is 11.6 Å². The first-order valence-electron chi connectivity index (χ1n) is 14.6. The van der Waals surface area contributed by atoms with Crippen molar-refractivity contribution >= 4 is 11.9 Å². The summed E-state index contributed by atoms with van der Waals surface area (Å²) in [5, 5.41) is 10.1. The van der Waals surface area contributed by atoms with Crippen LogP contribution in [0, 0.1) is 50.2 Å². The second kappa shape index (κ2) is 7.85. The summed E-state index contributed by atoms with van der Waals surface area (Å²) < 4.78 is 5.88. The summed E-state index contributed by atoms with van der Waals surface area (Å²) in [6, 6.07) is 0. The smallest absolute Gasteiger partial charge is 0.309 e. The highest BCUT2D eigenvalue weighted by Gasteiger charge is 2.68.